The van der Waals surface area contributed by atoms with E-state index in [4.69, 9.17) is 5.73 Å². The monoisotopic (exact) mass is 494 g/mol. The summed E-state index contributed by atoms with van der Waals surface area (Å²) in [5.41, 5.74) is 5.62. The lowest BCUT2D eigenvalue weighted by Gasteiger charge is -2.59. The molecule has 35 heavy (non-hydrogen) atoms. The number of hydrogen-bond acceptors (Lipinski definition) is 3. The Bertz CT molecular complexity index is 912. The summed E-state index contributed by atoms with van der Waals surface area (Å²) in [6.07, 6.45) is 3.44. The van der Waals surface area contributed by atoms with E-state index in [1.54, 1.807) is 26.0 Å². The van der Waals surface area contributed by atoms with Gasteiger partial charge in [-0.25, -0.2) is 14.1 Å². The van der Waals surface area contributed by atoms with E-state index < -0.39 is 35.4 Å². The number of piperazine rings is 1. The molecule has 2 unspecified atom stereocenters. The number of hydrogen-bond donors (Lipinski definition) is 1. The largest absolute Gasteiger partial charge is 0.351 e. The average molecular weight is 495 g/mol. The van der Waals surface area contributed by atoms with Crippen LogP contribution < -0.4 is 5.73 Å². The summed E-state index contributed by atoms with van der Waals surface area (Å²) in [6.45, 7) is 10.4. The number of carbonyl (C=O) groups excluding carboxylic acids is 1. The molecule has 0 radical (unpaired) electrons. The molecule has 3 fully saturated rings. The Morgan fingerprint density at radius 1 is 1.09 bits per heavy atom. The SMILES string of the molecule is Cc1ccc(C2(C)C[C@@H](N3CCN(C(C)C)CC3)N(C(N)=O)C(F)(F)C2C2CCCCC2)c(F)c1. The predicted octanol–water partition coefficient (Wildman–Crippen LogP) is 5.32. The zero-order chi connectivity index (χ0) is 25.5. The van der Waals surface area contributed by atoms with Crippen LogP contribution in [0, 0.1) is 24.6 Å². The molecule has 4 rings (SSSR count). The minimum atomic E-state index is -3.49. The number of urea groups is 1. The Kier molecular flexibility index (Phi) is 7.45. The van der Waals surface area contributed by atoms with Gasteiger partial charge in [-0.1, -0.05) is 38.3 Å². The van der Waals surface area contributed by atoms with Crippen LogP contribution in [0.2, 0.25) is 0 Å². The first-order valence-corrected chi connectivity index (χ1v) is 13.2. The lowest BCUT2D eigenvalue weighted by Crippen LogP contribution is -2.72. The van der Waals surface area contributed by atoms with Gasteiger partial charge in [0.15, 0.2) is 0 Å². The van der Waals surface area contributed by atoms with Crippen LogP contribution in [-0.4, -0.2) is 65.2 Å². The third-order valence-corrected chi connectivity index (χ3v) is 8.89. The molecule has 1 aromatic rings. The van der Waals surface area contributed by atoms with Crippen molar-refractivity contribution in [3.8, 4) is 0 Å². The molecule has 0 aromatic heterocycles. The minimum Gasteiger partial charge on any atom is -0.351 e. The minimum absolute atomic E-state index is 0.231. The number of nitrogens with zero attached hydrogens (tertiary/aromatic N) is 3. The molecule has 3 atom stereocenters. The van der Waals surface area contributed by atoms with Crippen molar-refractivity contribution < 1.29 is 18.0 Å². The van der Waals surface area contributed by atoms with Crippen molar-refractivity contribution in [2.45, 2.75) is 89.9 Å². The van der Waals surface area contributed by atoms with E-state index >= 15 is 13.2 Å². The topological polar surface area (TPSA) is 52.8 Å². The highest BCUT2D eigenvalue weighted by molar-refractivity contribution is 5.73. The van der Waals surface area contributed by atoms with Crippen molar-refractivity contribution in [1.82, 2.24) is 14.7 Å². The van der Waals surface area contributed by atoms with Crippen molar-refractivity contribution in [3.63, 3.8) is 0 Å². The van der Waals surface area contributed by atoms with Crippen molar-refractivity contribution in [3.05, 3.63) is 35.1 Å². The molecule has 0 bridgehead atoms. The molecule has 1 aliphatic carbocycles. The fraction of sp³-hybridized carbons (Fsp3) is 0.741. The number of benzene rings is 1. The summed E-state index contributed by atoms with van der Waals surface area (Å²) in [5, 5.41) is 0. The number of piperidine rings is 1. The third-order valence-electron chi connectivity index (χ3n) is 8.89. The maximum absolute atomic E-state index is 16.6. The molecule has 8 heteroatoms. The Morgan fingerprint density at radius 2 is 1.71 bits per heavy atom. The van der Waals surface area contributed by atoms with Crippen molar-refractivity contribution in [2.75, 3.05) is 26.2 Å². The van der Waals surface area contributed by atoms with Crippen LogP contribution in [0.4, 0.5) is 18.0 Å². The Morgan fingerprint density at radius 3 is 2.26 bits per heavy atom. The standard InChI is InChI=1S/C27H41F3N4O/c1-18(2)32-12-14-33(15-13-32)23-17-26(4,21-11-10-19(3)16-22(21)28)24(20-8-6-5-7-9-20)27(29,30)34(23)25(31)35/h10-11,16,18,20,23-24H,5-9,12-15,17H2,1-4H3,(H2,31,35)/t23-,24?,26?/m0/s1. The number of halogens is 3. The van der Waals surface area contributed by atoms with E-state index in [0.717, 1.165) is 37.9 Å². The smallest absolute Gasteiger partial charge is 0.334 e. The first-order chi connectivity index (χ1) is 16.5. The zero-order valence-corrected chi connectivity index (χ0v) is 21.6. The summed E-state index contributed by atoms with van der Waals surface area (Å²) in [4.78, 5) is 17.5. The van der Waals surface area contributed by atoms with Gasteiger partial charge in [0.2, 0.25) is 0 Å². The molecule has 2 amide bonds. The Labute approximate surface area is 207 Å². The first kappa shape index (κ1) is 26.3. The van der Waals surface area contributed by atoms with Gasteiger partial charge < -0.3 is 5.73 Å². The van der Waals surface area contributed by atoms with Gasteiger partial charge in [-0.2, -0.15) is 8.78 Å². The number of likely N-dealkylation sites (tertiary alicyclic amines) is 1. The van der Waals surface area contributed by atoms with Crippen molar-refractivity contribution >= 4 is 6.03 Å². The summed E-state index contributed by atoms with van der Waals surface area (Å²) in [5.74, 6) is -1.95. The molecule has 2 N–H and O–H groups in total. The number of nitrogens with two attached hydrogens (primary N) is 1. The van der Waals surface area contributed by atoms with Crippen LogP contribution >= 0.6 is 0 Å². The van der Waals surface area contributed by atoms with Crippen LogP contribution in [0.1, 0.15) is 70.4 Å². The molecule has 1 aromatic carbocycles. The molecule has 1 saturated carbocycles. The quantitative estimate of drug-likeness (QED) is 0.577. The fourth-order valence-corrected chi connectivity index (χ4v) is 7.10. The highest BCUT2D eigenvalue weighted by Crippen LogP contribution is 2.57. The van der Waals surface area contributed by atoms with Gasteiger partial charge in [0, 0.05) is 37.6 Å². The number of amides is 2. The lowest BCUT2D eigenvalue weighted by atomic mass is 9.58. The van der Waals surface area contributed by atoms with Gasteiger partial charge in [-0.05, 0) is 63.1 Å². The zero-order valence-electron chi connectivity index (χ0n) is 21.6. The number of aryl methyl sites for hydroxylation is 1. The molecule has 2 saturated heterocycles. The first-order valence-electron chi connectivity index (χ1n) is 13.2. The predicted molar refractivity (Wildman–Crippen MR) is 132 cm³/mol. The number of carbonyl (C=O) groups is 1. The van der Waals surface area contributed by atoms with Gasteiger partial charge >= 0.3 is 12.1 Å². The molecule has 3 aliphatic rings. The van der Waals surface area contributed by atoms with Gasteiger partial charge in [0.05, 0.1) is 12.1 Å². The number of alkyl halides is 2. The van der Waals surface area contributed by atoms with Gasteiger partial charge in [0.1, 0.15) is 5.82 Å². The van der Waals surface area contributed by atoms with E-state index in [9.17, 15) is 4.79 Å². The fourth-order valence-electron chi connectivity index (χ4n) is 7.10. The molecular formula is C27H41F3N4O. The van der Waals surface area contributed by atoms with Gasteiger partial charge in [-0.3, -0.25) is 9.80 Å². The van der Waals surface area contributed by atoms with E-state index in [1.165, 1.54) is 6.07 Å². The highest BCUT2D eigenvalue weighted by atomic mass is 19.3. The van der Waals surface area contributed by atoms with E-state index in [2.05, 4.69) is 18.7 Å². The van der Waals surface area contributed by atoms with Crippen molar-refractivity contribution in [1.29, 1.82) is 0 Å². The van der Waals surface area contributed by atoms with E-state index in [-0.39, 0.29) is 12.3 Å². The maximum atomic E-state index is 16.6. The molecular weight excluding hydrogens is 453 g/mol. The van der Waals surface area contributed by atoms with E-state index in [1.807, 2.05) is 4.90 Å². The Hall–Kier alpha value is -1.80. The van der Waals surface area contributed by atoms with Gasteiger partial charge in [0.25, 0.3) is 0 Å². The maximum Gasteiger partial charge on any atom is 0.334 e. The summed E-state index contributed by atoms with van der Waals surface area (Å²) in [7, 11) is 0. The molecule has 5 nitrogen and oxygen atoms in total. The normalized spacial score (nSPS) is 31.1. The molecule has 196 valence electrons. The second-order valence-electron chi connectivity index (χ2n) is 11.4. The van der Waals surface area contributed by atoms with E-state index in [0.29, 0.717) is 42.4 Å². The van der Waals surface area contributed by atoms with Crippen LogP contribution in [0.3, 0.4) is 0 Å². The summed E-state index contributed by atoms with van der Waals surface area (Å²) >= 11 is 0. The van der Waals surface area contributed by atoms with Crippen molar-refractivity contribution in [2.24, 2.45) is 17.6 Å². The second kappa shape index (κ2) is 9.92. The van der Waals surface area contributed by atoms with Crippen LogP contribution in [0.5, 0.6) is 0 Å². The number of rotatable bonds is 4. The molecule has 0 spiro atoms. The third kappa shape index (κ3) is 4.80. The van der Waals surface area contributed by atoms with Crippen LogP contribution in [-0.2, 0) is 5.41 Å². The second-order valence-corrected chi connectivity index (χ2v) is 11.4. The Balaban J connectivity index is 1.79. The summed E-state index contributed by atoms with van der Waals surface area (Å²) in [6, 6.07) is 0.699. The van der Waals surface area contributed by atoms with Crippen LogP contribution in [0.25, 0.3) is 0 Å². The summed E-state index contributed by atoms with van der Waals surface area (Å²) < 4.78 is 48.7. The molecule has 2 heterocycles. The molecule has 2 aliphatic heterocycles. The van der Waals surface area contributed by atoms with Gasteiger partial charge in [-0.15, -0.1) is 0 Å². The lowest BCUT2D eigenvalue weighted by molar-refractivity contribution is -0.259. The average Bonchev–Trinajstić information content (AvgIpc) is 2.78. The van der Waals surface area contributed by atoms with Crippen LogP contribution in [0.15, 0.2) is 18.2 Å². The highest BCUT2D eigenvalue weighted by Gasteiger charge is 2.65. The number of primary amides is 1.